The van der Waals surface area contributed by atoms with Crippen LogP contribution in [0.4, 0.5) is 0 Å². The molecule has 13 heavy (non-hydrogen) atoms. The van der Waals surface area contributed by atoms with Crippen LogP contribution in [0.25, 0.3) is 0 Å². The predicted molar refractivity (Wildman–Crippen MR) is 52.9 cm³/mol. The maximum Gasteiger partial charge on any atom is 0.380 e. The highest BCUT2D eigenvalue weighted by atomic mass is 79.9. The van der Waals surface area contributed by atoms with Crippen LogP contribution in [-0.4, -0.2) is 8.42 Å². The number of nitrogens with two attached hydrogens (primary N) is 1. The van der Waals surface area contributed by atoms with Gasteiger partial charge in [0.15, 0.2) is 5.75 Å². The Kier molecular flexibility index (Phi) is 3.18. The van der Waals surface area contributed by atoms with Gasteiger partial charge in [-0.1, -0.05) is 11.6 Å². The summed E-state index contributed by atoms with van der Waals surface area (Å²) in [6.45, 7) is 0. The second-order valence-corrected chi connectivity index (χ2v) is 4.59. The fourth-order valence-electron chi connectivity index (χ4n) is 0.666. The fraction of sp³-hybridized carbons (Fsp3) is 0. The van der Waals surface area contributed by atoms with Crippen LogP contribution in [-0.2, 0) is 10.3 Å². The fourth-order valence-corrected chi connectivity index (χ4v) is 1.65. The van der Waals surface area contributed by atoms with Gasteiger partial charge in [-0.15, -0.1) is 0 Å². The van der Waals surface area contributed by atoms with E-state index in [9.17, 15) is 8.42 Å². The van der Waals surface area contributed by atoms with Gasteiger partial charge < -0.3 is 4.18 Å². The Balaban J connectivity index is 3.08. The van der Waals surface area contributed by atoms with Gasteiger partial charge in [0.2, 0.25) is 0 Å². The second kappa shape index (κ2) is 3.83. The molecule has 0 amide bonds. The molecule has 0 spiro atoms. The van der Waals surface area contributed by atoms with Crippen molar-refractivity contribution in [2.75, 3.05) is 0 Å². The molecular weight excluding hydrogens is 281 g/mol. The van der Waals surface area contributed by atoms with Crippen molar-refractivity contribution in [2.24, 2.45) is 5.14 Å². The van der Waals surface area contributed by atoms with Crippen LogP contribution in [0.3, 0.4) is 0 Å². The van der Waals surface area contributed by atoms with E-state index >= 15 is 0 Å². The molecule has 72 valence electrons. The van der Waals surface area contributed by atoms with Gasteiger partial charge in [0, 0.05) is 11.1 Å². The molecule has 0 atom stereocenters. The molecule has 0 aliphatic heterocycles. The van der Waals surface area contributed by atoms with Gasteiger partial charge in [-0.2, -0.15) is 13.6 Å². The number of halogens is 2. The molecule has 0 aromatic heterocycles. The summed E-state index contributed by atoms with van der Waals surface area (Å²) < 4.78 is 26.0. The van der Waals surface area contributed by atoms with Gasteiger partial charge in [-0.05, 0) is 28.1 Å². The molecule has 2 N–H and O–H groups in total. The van der Waals surface area contributed by atoms with Gasteiger partial charge in [0.1, 0.15) is 0 Å². The van der Waals surface area contributed by atoms with Crippen LogP contribution < -0.4 is 9.32 Å². The van der Waals surface area contributed by atoms with Crippen LogP contribution in [0, 0.1) is 0 Å². The maximum absolute atomic E-state index is 10.6. The molecule has 0 bridgehead atoms. The number of rotatable bonds is 2. The summed E-state index contributed by atoms with van der Waals surface area (Å²) in [5, 5.41) is 5.04. The van der Waals surface area contributed by atoms with Crippen molar-refractivity contribution in [1.29, 1.82) is 0 Å². The van der Waals surface area contributed by atoms with Gasteiger partial charge >= 0.3 is 10.3 Å². The SMILES string of the molecule is NS(=O)(=O)Oc1cc(Cl)ccc1Br. The Morgan fingerprint density at radius 1 is 1.46 bits per heavy atom. The van der Waals surface area contributed by atoms with E-state index in [1.807, 2.05) is 0 Å². The van der Waals surface area contributed by atoms with E-state index in [0.29, 0.717) is 9.50 Å². The molecular formula is C6H5BrClNO3S. The zero-order chi connectivity index (χ0) is 10.1. The molecule has 7 heteroatoms. The molecule has 1 aromatic carbocycles. The summed E-state index contributed by atoms with van der Waals surface area (Å²) in [7, 11) is -4.01. The van der Waals surface area contributed by atoms with E-state index in [2.05, 4.69) is 25.3 Å². The van der Waals surface area contributed by atoms with Crippen LogP contribution in [0.15, 0.2) is 22.7 Å². The van der Waals surface area contributed by atoms with Gasteiger partial charge in [0.05, 0.1) is 4.47 Å². The minimum atomic E-state index is -4.01. The highest BCUT2D eigenvalue weighted by molar-refractivity contribution is 9.10. The normalized spacial score (nSPS) is 11.3. The minimum absolute atomic E-state index is 0.0648. The van der Waals surface area contributed by atoms with Crippen molar-refractivity contribution in [1.82, 2.24) is 0 Å². The van der Waals surface area contributed by atoms with Crippen LogP contribution in [0.1, 0.15) is 0 Å². The third-order valence-electron chi connectivity index (χ3n) is 1.10. The molecule has 0 heterocycles. The summed E-state index contributed by atoms with van der Waals surface area (Å²) in [5.41, 5.74) is 0. The average molecular weight is 287 g/mol. The quantitative estimate of drug-likeness (QED) is 0.899. The van der Waals surface area contributed by atoms with Crippen LogP contribution in [0.5, 0.6) is 5.75 Å². The van der Waals surface area contributed by atoms with Crippen molar-refractivity contribution in [2.45, 2.75) is 0 Å². The second-order valence-electron chi connectivity index (χ2n) is 2.15. The Bertz CT molecular complexity index is 420. The van der Waals surface area contributed by atoms with Gasteiger partial charge in [-0.3, -0.25) is 0 Å². The maximum atomic E-state index is 10.6. The summed E-state index contributed by atoms with van der Waals surface area (Å²) in [5.74, 6) is 0.0648. The lowest BCUT2D eigenvalue weighted by molar-refractivity contribution is 0.486. The van der Waals surface area contributed by atoms with Gasteiger partial charge in [-0.25, -0.2) is 0 Å². The Labute approximate surface area is 89.0 Å². The van der Waals surface area contributed by atoms with E-state index in [1.165, 1.54) is 6.07 Å². The third-order valence-corrected chi connectivity index (χ3v) is 2.40. The number of hydrogen-bond donors (Lipinski definition) is 1. The zero-order valence-corrected chi connectivity index (χ0v) is 9.36. The lowest BCUT2D eigenvalue weighted by Crippen LogP contribution is -2.19. The van der Waals surface area contributed by atoms with Crippen molar-refractivity contribution >= 4 is 37.8 Å². The largest absolute Gasteiger partial charge is 0.380 e. The number of hydrogen-bond acceptors (Lipinski definition) is 3. The van der Waals surface area contributed by atoms with E-state index < -0.39 is 10.3 Å². The first kappa shape index (κ1) is 10.8. The van der Waals surface area contributed by atoms with Crippen molar-refractivity contribution in [3.63, 3.8) is 0 Å². The van der Waals surface area contributed by atoms with E-state index in [1.54, 1.807) is 12.1 Å². The lowest BCUT2D eigenvalue weighted by atomic mass is 10.3. The van der Waals surface area contributed by atoms with Crippen LogP contribution in [0.2, 0.25) is 5.02 Å². The monoisotopic (exact) mass is 285 g/mol. The average Bonchev–Trinajstić information content (AvgIpc) is 1.94. The molecule has 0 aliphatic rings. The smallest absolute Gasteiger partial charge is 0.370 e. The lowest BCUT2D eigenvalue weighted by Gasteiger charge is -2.04. The molecule has 0 unspecified atom stereocenters. The minimum Gasteiger partial charge on any atom is -0.370 e. The molecule has 0 saturated heterocycles. The summed E-state index contributed by atoms with van der Waals surface area (Å²) >= 11 is 8.69. The molecule has 1 aromatic rings. The first-order valence-electron chi connectivity index (χ1n) is 3.06. The molecule has 0 aliphatic carbocycles. The Hall–Kier alpha value is -0.300. The van der Waals surface area contributed by atoms with Crippen molar-refractivity contribution in [3.8, 4) is 5.75 Å². The summed E-state index contributed by atoms with van der Waals surface area (Å²) in [6, 6.07) is 4.49. The Morgan fingerprint density at radius 3 is 2.62 bits per heavy atom. The standard InChI is InChI=1S/C6H5BrClNO3S/c7-5-2-1-4(8)3-6(5)12-13(9,10)11/h1-3H,(H2,9,10,11). The molecule has 4 nitrogen and oxygen atoms in total. The van der Waals surface area contributed by atoms with Crippen LogP contribution >= 0.6 is 27.5 Å². The third kappa shape index (κ3) is 3.51. The van der Waals surface area contributed by atoms with Gasteiger partial charge in [0.25, 0.3) is 0 Å². The van der Waals surface area contributed by atoms with E-state index in [4.69, 9.17) is 11.6 Å². The molecule has 0 radical (unpaired) electrons. The molecule has 1 rings (SSSR count). The zero-order valence-electron chi connectivity index (χ0n) is 6.20. The van der Waals surface area contributed by atoms with E-state index in [-0.39, 0.29) is 5.75 Å². The Morgan fingerprint density at radius 2 is 2.08 bits per heavy atom. The first-order valence-corrected chi connectivity index (χ1v) is 5.70. The summed E-state index contributed by atoms with van der Waals surface area (Å²) in [6.07, 6.45) is 0. The van der Waals surface area contributed by atoms with Crippen molar-refractivity contribution < 1.29 is 12.6 Å². The van der Waals surface area contributed by atoms with Crippen molar-refractivity contribution in [3.05, 3.63) is 27.7 Å². The van der Waals surface area contributed by atoms with E-state index in [0.717, 1.165) is 0 Å². The molecule has 0 saturated carbocycles. The molecule has 0 fully saturated rings. The summed E-state index contributed by atoms with van der Waals surface area (Å²) in [4.78, 5) is 0. The highest BCUT2D eigenvalue weighted by Gasteiger charge is 2.08. The topological polar surface area (TPSA) is 69.4 Å². The predicted octanol–water partition coefficient (Wildman–Crippen LogP) is 1.68. The highest BCUT2D eigenvalue weighted by Crippen LogP contribution is 2.28. The number of benzene rings is 1. The first-order chi connectivity index (χ1) is 5.88.